The summed E-state index contributed by atoms with van der Waals surface area (Å²) in [4.78, 5) is 0. The Kier molecular flexibility index (Phi) is 5.15. The van der Waals surface area contributed by atoms with Gasteiger partial charge in [0.2, 0.25) is 0 Å². The fourth-order valence-corrected chi connectivity index (χ4v) is 3.14. The molecule has 2 atom stereocenters. The molecule has 21 heavy (non-hydrogen) atoms. The molecule has 2 unspecified atom stereocenters. The summed E-state index contributed by atoms with van der Waals surface area (Å²) in [6.07, 6.45) is 0.751. The number of aliphatic hydroxyl groups is 1. The van der Waals surface area contributed by atoms with Crippen LogP contribution in [0, 0.1) is 5.92 Å². The minimum Gasteiger partial charge on any atom is -0.487 e. The molecule has 0 aromatic heterocycles. The van der Waals surface area contributed by atoms with Crippen LogP contribution in [-0.4, -0.2) is 36.4 Å². The zero-order valence-corrected chi connectivity index (χ0v) is 13.5. The second-order valence-electron chi connectivity index (χ2n) is 6.56. The highest BCUT2D eigenvalue weighted by atomic mass is 35.5. The minimum atomic E-state index is -0.223. The van der Waals surface area contributed by atoms with Gasteiger partial charge in [0.15, 0.2) is 0 Å². The fraction of sp³-hybridized carbons (Fsp3) is 0.625. The number of ether oxygens (including phenoxy) is 1. The van der Waals surface area contributed by atoms with Crippen LogP contribution in [0.5, 0.6) is 5.75 Å². The molecule has 0 amide bonds. The fourth-order valence-electron chi connectivity index (χ4n) is 3.14. The van der Waals surface area contributed by atoms with E-state index >= 15 is 0 Å². The van der Waals surface area contributed by atoms with Crippen molar-refractivity contribution in [1.29, 1.82) is 0 Å². The molecule has 2 aliphatic heterocycles. The normalized spacial score (nSPS) is 26.0. The summed E-state index contributed by atoms with van der Waals surface area (Å²) in [6.45, 7) is 7.49. The molecule has 1 fully saturated rings. The number of β-amino-alcohol motifs (C(OH)–C–C–N with tert-alkyl or cyclic N) is 1. The van der Waals surface area contributed by atoms with Gasteiger partial charge in [-0.05, 0) is 19.4 Å². The summed E-state index contributed by atoms with van der Waals surface area (Å²) in [5.74, 6) is 1.36. The highest BCUT2D eigenvalue weighted by Gasteiger charge is 2.31. The summed E-state index contributed by atoms with van der Waals surface area (Å²) in [7, 11) is 0. The average Bonchev–Trinajstić information content (AvgIpc) is 2.92. The maximum Gasteiger partial charge on any atom is 0.127 e. The van der Waals surface area contributed by atoms with Crippen molar-refractivity contribution in [3.8, 4) is 5.75 Å². The average molecular weight is 313 g/mol. The number of hydrogen-bond acceptors (Lipinski definition) is 4. The number of nitrogens with one attached hydrogen (secondary N) is 2. The van der Waals surface area contributed by atoms with Crippen LogP contribution >= 0.6 is 12.4 Å². The Morgan fingerprint density at radius 2 is 2.19 bits per heavy atom. The number of hydrogen-bond donors (Lipinski definition) is 3. The van der Waals surface area contributed by atoms with E-state index in [0.717, 1.165) is 31.8 Å². The molecule has 0 radical (unpaired) electrons. The van der Waals surface area contributed by atoms with Crippen LogP contribution in [0.3, 0.4) is 0 Å². The molecule has 1 aromatic rings. The third-order valence-electron chi connectivity index (χ3n) is 4.20. The van der Waals surface area contributed by atoms with Crippen LogP contribution in [-0.2, 0) is 13.0 Å². The van der Waals surface area contributed by atoms with Crippen LogP contribution < -0.4 is 15.4 Å². The minimum absolute atomic E-state index is 0. The smallest absolute Gasteiger partial charge is 0.127 e. The van der Waals surface area contributed by atoms with Gasteiger partial charge in [-0.15, -0.1) is 12.4 Å². The Hall–Kier alpha value is -0.810. The SMILES string of the molecule is CC1(C)Cc2cccc(CNCC3CNCC3O)c2O1.Cl. The quantitative estimate of drug-likeness (QED) is 0.788. The Morgan fingerprint density at radius 3 is 2.90 bits per heavy atom. The first-order valence-electron chi connectivity index (χ1n) is 7.44. The lowest BCUT2D eigenvalue weighted by Gasteiger charge is -2.19. The van der Waals surface area contributed by atoms with E-state index < -0.39 is 0 Å². The zero-order chi connectivity index (χ0) is 14.2. The van der Waals surface area contributed by atoms with Gasteiger partial charge in [0.1, 0.15) is 11.4 Å². The summed E-state index contributed by atoms with van der Waals surface area (Å²) in [5.41, 5.74) is 2.43. The van der Waals surface area contributed by atoms with E-state index in [0.29, 0.717) is 12.5 Å². The third-order valence-corrected chi connectivity index (χ3v) is 4.20. The number of halogens is 1. The van der Waals surface area contributed by atoms with E-state index in [4.69, 9.17) is 4.74 Å². The van der Waals surface area contributed by atoms with Crippen LogP contribution in [0.15, 0.2) is 18.2 Å². The van der Waals surface area contributed by atoms with Crippen LogP contribution in [0.2, 0.25) is 0 Å². The van der Waals surface area contributed by atoms with Crippen LogP contribution in [0.1, 0.15) is 25.0 Å². The first-order chi connectivity index (χ1) is 9.55. The topological polar surface area (TPSA) is 53.5 Å². The van der Waals surface area contributed by atoms with E-state index in [1.54, 1.807) is 0 Å². The first kappa shape index (κ1) is 16.6. The number of benzene rings is 1. The summed E-state index contributed by atoms with van der Waals surface area (Å²) < 4.78 is 6.07. The molecule has 3 rings (SSSR count). The molecule has 0 aliphatic carbocycles. The van der Waals surface area contributed by atoms with Crippen molar-refractivity contribution in [2.24, 2.45) is 5.92 Å². The Labute approximate surface area is 132 Å². The Balaban J connectivity index is 0.00000161. The largest absolute Gasteiger partial charge is 0.487 e. The number of aliphatic hydroxyl groups excluding tert-OH is 1. The highest BCUT2D eigenvalue weighted by Crippen LogP contribution is 2.37. The van der Waals surface area contributed by atoms with Gasteiger partial charge in [-0.1, -0.05) is 18.2 Å². The van der Waals surface area contributed by atoms with E-state index in [1.165, 1.54) is 11.1 Å². The summed E-state index contributed by atoms with van der Waals surface area (Å²) >= 11 is 0. The monoisotopic (exact) mass is 312 g/mol. The second-order valence-corrected chi connectivity index (χ2v) is 6.56. The van der Waals surface area contributed by atoms with Crippen molar-refractivity contribution in [3.63, 3.8) is 0 Å². The van der Waals surface area contributed by atoms with Gasteiger partial charge in [-0.3, -0.25) is 0 Å². The van der Waals surface area contributed by atoms with Crippen molar-refractivity contribution in [2.45, 2.75) is 38.5 Å². The molecule has 3 N–H and O–H groups in total. The highest BCUT2D eigenvalue weighted by molar-refractivity contribution is 5.85. The standard InChI is InChI=1S/C16H24N2O2.ClH/c1-16(2)6-11-4-3-5-12(15(11)20-16)7-17-8-13-9-18-10-14(13)19;/h3-5,13-14,17-19H,6-10H2,1-2H3;1H. The summed E-state index contributed by atoms with van der Waals surface area (Å²) in [6, 6.07) is 6.38. The lowest BCUT2D eigenvalue weighted by molar-refractivity contribution is 0.136. The third kappa shape index (κ3) is 3.69. The molecule has 0 spiro atoms. The van der Waals surface area contributed by atoms with E-state index in [-0.39, 0.29) is 24.1 Å². The molecule has 0 bridgehead atoms. The molecule has 1 aromatic carbocycles. The molecule has 2 heterocycles. The van der Waals surface area contributed by atoms with Crippen molar-refractivity contribution in [2.75, 3.05) is 19.6 Å². The van der Waals surface area contributed by atoms with Crippen LogP contribution in [0.25, 0.3) is 0 Å². The molecule has 0 saturated carbocycles. The molecule has 118 valence electrons. The lowest BCUT2D eigenvalue weighted by Crippen LogP contribution is -2.30. The van der Waals surface area contributed by atoms with Crippen molar-refractivity contribution in [3.05, 3.63) is 29.3 Å². The van der Waals surface area contributed by atoms with Crippen LogP contribution in [0.4, 0.5) is 0 Å². The maximum absolute atomic E-state index is 9.78. The molecular weight excluding hydrogens is 288 g/mol. The molecule has 2 aliphatic rings. The van der Waals surface area contributed by atoms with E-state index in [9.17, 15) is 5.11 Å². The maximum atomic E-state index is 9.78. The van der Waals surface area contributed by atoms with Gasteiger partial charge in [-0.25, -0.2) is 0 Å². The Morgan fingerprint density at radius 1 is 1.38 bits per heavy atom. The molecule has 5 heteroatoms. The number of para-hydroxylation sites is 1. The Bertz CT molecular complexity index is 493. The molecule has 1 saturated heterocycles. The van der Waals surface area contributed by atoms with Gasteiger partial charge in [-0.2, -0.15) is 0 Å². The van der Waals surface area contributed by atoms with Crippen molar-refractivity contribution >= 4 is 12.4 Å². The van der Waals surface area contributed by atoms with Gasteiger partial charge >= 0.3 is 0 Å². The second kappa shape index (κ2) is 6.53. The molecular formula is C16H25ClN2O2. The van der Waals surface area contributed by atoms with Gasteiger partial charge in [0.25, 0.3) is 0 Å². The predicted molar refractivity (Wildman–Crippen MR) is 86.2 cm³/mol. The van der Waals surface area contributed by atoms with Crippen molar-refractivity contribution < 1.29 is 9.84 Å². The van der Waals surface area contributed by atoms with Crippen molar-refractivity contribution in [1.82, 2.24) is 10.6 Å². The van der Waals surface area contributed by atoms with Gasteiger partial charge < -0.3 is 20.5 Å². The first-order valence-corrected chi connectivity index (χ1v) is 7.44. The predicted octanol–water partition coefficient (Wildman–Crippen LogP) is 1.49. The molecule has 4 nitrogen and oxygen atoms in total. The van der Waals surface area contributed by atoms with E-state index in [2.05, 4.69) is 42.7 Å². The number of fused-ring (bicyclic) bond motifs is 1. The van der Waals surface area contributed by atoms with Gasteiger partial charge in [0.05, 0.1) is 6.10 Å². The zero-order valence-electron chi connectivity index (χ0n) is 12.7. The van der Waals surface area contributed by atoms with Gasteiger partial charge in [0, 0.05) is 44.1 Å². The lowest BCUT2D eigenvalue weighted by atomic mass is 10.0. The summed E-state index contributed by atoms with van der Waals surface area (Å²) in [5, 5.41) is 16.4. The van der Waals surface area contributed by atoms with E-state index in [1.807, 2.05) is 0 Å². The number of rotatable bonds is 4.